The summed E-state index contributed by atoms with van der Waals surface area (Å²) >= 11 is 0. The van der Waals surface area contributed by atoms with Crippen LogP contribution < -0.4 is 9.47 Å². The lowest BCUT2D eigenvalue weighted by Crippen LogP contribution is -2.32. The van der Waals surface area contributed by atoms with Gasteiger partial charge in [-0.25, -0.2) is 19.9 Å². The fourth-order valence-corrected chi connectivity index (χ4v) is 19.1. The Morgan fingerprint density at radius 1 is 0.269 bits per heavy atom. The van der Waals surface area contributed by atoms with Crippen molar-refractivity contribution in [3.8, 4) is 102 Å². The average molecular weight is 1380 g/mol. The molecular formula is C99H57N7O2. The maximum atomic E-state index is 7.30. The summed E-state index contributed by atoms with van der Waals surface area (Å²) in [5, 5.41) is 9.67. The fraction of sp³-hybridized carbons (Fsp3) is 0.0202. The predicted molar refractivity (Wildman–Crippen MR) is 433 cm³/mol. The molecule has 0 bridgehead atoms. The molecule has 0 N–H and O–H groups in total. The highest BCUT2D eigenvalue weighted by Crippen LogP contribution is 2.65. The van der Waals surface area contributed by atoms with Crippen LogP contribution in [0.2, 0.25) is 0 Å². The van der Waals surface area contributed by atoms with Gasteiger partial charge in [0.25, 0.3) is 0 Å². The van der Waals surface area contributed by atoms with E-state index in [9.17, 15) is 0 Å². The number of hydrogen-bond acceptors (Lipinski definition) is 7. The summed E-state index contributed by atoms with van der Waals surface area (Å²) in [6.45, 7) is 0. The smallest absolute Gasteiger partial charge is 0.237 e. The lowest BCUT2D eigenvalue weighted by Gasteiger charge is -2.39. The Kier molecular flexibility index (Phi) is 12.1. The molecule has 0 saturated carbocycles. The minimum absolute atomic E-state index is 0.502. The zero-order valence-electron chi connectivity index (χ0n) is 57.9. The summed E-state index contributed by atoms with van der Waals surface area (Å²) in [5.41, 5.74) is 23.8. The third-order valence-corrected chi connectivity index (χ3v) is 23.5. The van der Waals surface area contributed by atoms with Gasteiger partial charge in [0.15, 0.2) is 11.5 Å². The van der Waals surface area contributed by atoms with Gasteiger partial charge in [-0.05, 0) is 138 Å². The number of nitrogens with zero attached hydrogens (tertiary/aromatic N) is 7. The first-order valence-electron chi connectivity index (χ1n) is 36.8. The van der Waals surface area contributed by atoms with Crippen LogP contribution in [0.4, 0.5) is 0 Å². The number of benzene rings is 15. The maximum Gasteiger partial charge on any atom is 0.237 e. The maximum absolute atomic E-state index is 7.30. The van der Waals surface area contributed by atoms with Crippen LogP contribution in [-0.2, 0) is 10.8 Å². The summed E-state index contributed by atoms with van der Waals surface area (Å²) in [4.78, 5) is 27.1. The third kappa shape index (κ3) is 8.00. The number of aromatic nitrogens is 7. The minimum Gasteiger partial charge on any atom is -0.457 e. The van der Waals surface area contributed by atoms with Crippen molar-refractivity contribution in [3.63, 3.8) is 0 Å². The summed E-state index contributed by atoms with van der Waals surface area (Å²) in [7, 11) is 0. The molecule has 0 saturated heterocycles. The summed E-state index contributed by atoms with van der Waals surface area (Å²) in [6, 6.07) is 123. The molecule has 0 fully saturated rings. The second kappa shape index (κ2) is 22.1. The van der Waals surface area contributed by atoms with Crippen molar-refractivity contribution >= 4 is 76.2 Å². The Bertz CT molecular complexity index is 7190. The number of fused-ring (bicyclic) bond motifs is 29. The van der Waals surface area contributed by atoms with Gasteiger partial charge in [0.2, 0.25) is 5.95 Å². The van der Waals surface area contributed by atoms with E-state index in [1.165, 1.54) is 44.5 Å². The number of hydrogen-bond donors (Lipinski definition) is 0. The average Bonchev–Trinajstić information content (AvgIpc) is 1.49. The SMILES string of the molecule is c1ccc(-c2cc(-n3c4cc5c(cc4c4c6cc(-c7cccc(-c8nc(-n9c%10cc%11c(cc%10c%10c%12ccccc%12ccc%109)C9(c%10ccccc%10O%11)c%10ccccc%10-c%10ccccc%109)nc9ncccc89)c7)ccc6ccc43)C3(c4ccccc4O5)c4ccccc4-c4ccccc43)nc(-c3ccccc3)n2)cc1. The standard InChI is InChI=1S/C99H57N7O2/c1-3-24-60(25-4-1)82-55-91(102-95(101-82)61-26-5-2-6-27-61)105-83-48-47-59-44-45-63(52-71(59)93(83)72-53-80-89(56-85(72)105)107-87-42-19-17-40-78(87)98(80)74-36-13-9-31-66(74)67-32-10-14-37-75(67)98)62-28-21-29-64(51-62)94-70-35-22-50-100-96(70)104-97(103-94)106-84-49-46-58-23-7-8-30-65(58)92(84)73-54-81-90(57-86(73)106)108-88-43-20-18-41-79(88)99(81)76-38-15-11-33-68(76)69-34-12-16-39-77(69)99/h1-57H. The molecule has 5 aromatic heterocycles. The highest BCUT2D eigenvalue weighted by molar-refractivity contribution is 6.24. The molecule has 20 aromatic rings. The highest BCUT2D eigenvalue weighted by Gasteiger charge is 2.53. The lowest BCUT2D eigenvalue weighted by molar-refractivity contribution is 0.437. The molecule has 2 spiro atoms. The van der Waals surface area contributed by atoms with Crippen LogP contribution >= 0.6 is 0 Å². The topological polar surface area (TPSA) is 92.8 Å². The molecule has 0 atom stereocenters. The summed E-state index contributed by atoms with van der Waals surface area (Å²) in [6.07, 6.45) is 1.83. The minimum atomic E-state index is -0.706. The van der Waals surface area contributed by atoms with Crippen molar-refractivity contribution in [2.24, 2.45) is 0 Å². The second-order valence-corrected chi connectivity index (χ2v) is 28.9. The molecule has 108 heavy (non-hydrogen) atoms. The number of pyridine rings is 1. The van der Waals surface area contributed by atoms with Crippen molar-refractivity contribution < 1.29 is 9.47 Å². The van der Waals surface area contributed by atoms with Crippen LogP contribution in [0.15, 0.2) is 346 Å². The number of para-hydroxylation sites is 2. The van der Waals surface area contributed by atoms with E-state index in [1.807, 2.05) is 36.5 Å². The molecule has 4 aliphatic rings. The predicted octanol–water partition coefficient (Wildman–Crippen LogP) is 23.9. The van der Waals surface area contributed by atoms with Crippen molar-refractivity contribution in [3.05, 3.63) is 390 Å². The van der Waals surface area contributed by atoms with Gasteiger partial charge in [-0.3, -0.25) is 9.13 Å². The van der Waals surface area contributed by atoms with Gasteiger partial charge in [0.1, 0.15) is 28.8 Å². The first kappa shape index (κ1) is 59.0. The number of rotatable bonds is 6. The van der Waals surface area contributed by atoms with Crippen molar-refractivity contribution in [2.45, 2.75) is 10.8 Å². The monoisotopic (exact) mass is 1380 g/mol. The molecule has 9 nitrogen and oxygen atoms in total. The Labute approximate surface area is 619 Å². The van der Waals surface area contributed by atoms with Crippen LogP contribution in [0, 0.1) is 0 Å². The van der Waals surface area contributed by atoms with E-state index in [1.54, 1.807) is 0 Å². The Morgan fingerprint density at radius 2 is 0.750 bits per heavy atom. The molecule has 9 heteroatoms. The van der Waals surface area contributed by atoms with E-state index < -0.39 is 10.8 Å². The normalized spacial score (nSPS) is 13.7. The van der Waals surface area contributed by atoms with Gasteiger partial charge in [-0.15, -0.1) is 0 Å². The fourth-order valence-electron chi connectivity index (χ4n) is 19.1. The number of ether oxygens (including phenoxy) is 2. The van der Waals surface area contributed by atoms with Crippen LogP contribution in [0.3, 0.4) is 0 Å². The van der Waals surface area contributed by atoms with Crippen LogP contribution in [0.25, 0.3) is 155 Å². The second-order valence-electron chi connectivity index (χ2n) is 28.9. The first-order chi connectivity index (χ1) is 53.5. The van der Waals surface area contributed by atoms with E-state index in [0.29, 0.717) is 17.4 Å². The van der Waals surface area contributed by atoms with Gasteiger partial charge in [0.05, 0.1) is 44.3 Å². The zero-order valence-corrected chi connectivity index (χ0v) is 57.9. The molecule has 7 heterocycles. The molecular weight excluding hydrogens is 1320 g/mol. The molecule has 500 valence electrons. The quantitative estimate of drug-likeness (QED) is 0.164. The molecule has 0 amide bonds. The van der Waals surface area contributed by atoms with E-state index in [4.69, 9.17) is 34.4 Å². The molecule has 2 aliphatic heterocycles. The Morgan fingerprint density at radius 3 is 1.38 bits per heavy atom. The van der Waals surface area contributed by atoms with Crippen molar-refractivity contribution in [1.82, 2.24) is 34.1 Å². The molecule has 24 rings (SSSR count). The van der Waals surface area contributed by atoms with Crippen LogP contribution in [0.5, 0.6) is 23.0 Å². The van der Waals surface area contributed by atoms with E-state index in [0.717, 1.165) is 161 Å². The Balaban J connectivity index is 0.724. The molecule has 0 radical (unpaired) electrons. The summed E-state index contributed by atoms with van der Waals surface area (Å²) < 4.78 is 19.1. The third-order valence-electron chi connectivity index (χ3n) is 23.5. The van der Waals surface area contributed by atoms with Crippen LogP contribution in [-0.4, -0.2) is 34.1 Å². The highest BCUT2D eigenvalue weighted by atomic mass is 16.5. The van der Waals surface area contributed by atoms with Gasteiger partial charge < -0.3 is 9.47 Å². The van der Waals surface area contributed by atoms with Gasteiger partial charge in [-0.1, -0.05) is 261 Å². The van der Waals surface area contributed by atoms with E-state index in [2.05, 4.69) is 319 Å². The lowest BCUT2D eigenvalue weighted by atomic mass is 9.66. The van der Waals surface area contributed by atoms with Gasteiger partial charge in [-0.2, -0.15) is 4.98 Å². The summed E-state index contributed by atoms with van der Waals surface area (Å²) in [5.74, 6) is 5.09. The van der Waals surface area contributed by atoms with E-state index >= 15 is 0 Å². The van der Waals surface area contributed by atoms with Crippen molar-refractivity contribution in [2.75, 3.05) is 0 Å². The Hall–Kier alpha value is -14.4. The molecule has 0 unspecified atom stereocenters. The van der Waals surface area contributed by atoms with E-state index in [-0.39, 0.29) is 0 Å². The van der Waals surface area contributed by atoms with Crippen molar-refractivity contribution in [1.29, 1.82) is 0 Å². The largest absolute Gasteiger partial charge is 0.457 e. The van der Waals surface area contributed by atoms with Crippen LogP contribution in [0.1, 0.15) is 44.5 Å². The molecule has 2 aliphatic carbocycles. The molecule has 15 aromatic carbocycles. The first-order valence-corrected chi connectivity index (χ1v) is 36.8. The van der Waals surface area contributed by atoms with Gasteiger partial charge in [0, 0.05) is 90.3 Å². The zero-order chi connectivity index (χ0) is 70.5. The van der Waals surface area contributed by atoms with Gasteiger partial charge >= 0.3 is 0 Å².